The summed E-state index contributed by atoms with van der Waals surface area (Å²) in [6, 6.07) is 3.91. The van der Waals surface area contributed by atoms with Crippen LogP contribution in [0.15, 0.2) is 18.3 Å². The standard InChI is InChI=1S/C14H22N2O2/c1-3-15-8-13-6-7-14(18-13)10-17-12-5-4-11(2)16-9-12/h4-5,9,13-15H,3,6-8,10H2,1-2H3. The Morgan fingerprint density at radius 1 is 1.39 bits per heavy atom. The van der Waals surface area contributed by atoms with Crippen LogP contribution >= 0.6 is 0 Å². The van der Waals surface area contributed by atoms with Crippen molar-refractivity contribution in [2.24, 2.45) is 0 Å². The number of aryl methyl sites for hydroxylation is 1. The Hall–Kier alpha value is -1.13. The van der Waals surface area contributed by atoms with Gasteiger partial charge in [0.05, 0.1) is 18.4 Å². The summed E-state index contributed by atoms with van der Waals surface area (Å²) in [4.78, 5) is 4.20. The fraction of sp³-hybridized carbons (Fsp3) is 0.643. The molecular formula is C14H22N2O2. The van der Waals surface area contributed by atoms with Crippen molar-refractivity contribution in [2.75, 3.05) is 19.7 Å². The molecule has 1 fully saturated rings. The van der Waals surface area contributed by atoms with Gasteiger partial charge in [0, 0.05) is 12.2 Å². The van der Waals surface area contributed by atoms with Gasteiger partial charge < -0.3 is 14.8 Å². The molecule has 0 saturated carbocycles. The Bertz CT molecular complexity index is 353. The number of rotatable bonds is 6. The van der Waals surface area contributed by atoms with Gasteiger partial charge in [-0.3, -0.25) is 4.98 Å². The fourth-order valence-corrected chi connectivity index (χ4v) is 2.09. The summed E-state index contributed by atoms with van der Waals surface area (Å²) in [6.45, 7) is 6.64. The molecule has 4 nitrogen and oxygen atoms in total. The van der Waals surface area contributed by atoms with Gasteiger partial charge in [0.25, 0.3) is 0 Å². The van der Waals surface area contributed by atoms with Crippen LogP contribution in [0.3, 0.4) is 0 Å². The zero-order valence-corrected chi connectivity index (χ0v) is 11.2. The molecule has 0 amide bonds. The Morgan fingerprint density at radius 3 is 2.94 bits per heavy atom. The van der Waals surface area contributed by atoms with E-state index in [4.69, 9.17) is 9.47 Å². The van der Waals surface area contributed by atoms with Crippen molar-refractivity contribution in [3.8, 4) is 5.75 Å². The fourth-order valence-electron chi connectivity index (χ4n) is 2.09. The average Bonchev–Trinajstić information content (AvgIpc) is 2.84. The summed E-state index contributed by atoms with van der Waals surface area (Å²) in [5.41, 5.74) is 1.00. The number of ether oxygens (including phenoxy) is 2. The van der Waals surface area contributed by atoms with E-state index in [2.05, 4.69) is 17.2 Å². The minimum atomic E-state index is 0.218. The minimum Gasteiger partial charge on any atom is -0.489 e. The van der Waals surface area contributed by atoms with E-state index in [-0.39, 0.29) is 6.10 Å². The lowest BCUT2D eigenvalue weighted by molar-refractivity contribution is 0.0187. The van der Waals surface area contributed by atoms with Gasteiger partial charge in [-0.25, -0.2) is 0 Å². The molecule has 0 spiro atoms. The van der Waals surface area contributed by atoms with Gasteiger partial charge in [0.15, 0.2) is 0 Å². The van der Waals surface area contributed by atoms with E-state index in [0.717, 1.165) is 37.4 Å². The number of aromatic nitrogens is 1. The highest BCUT2D eigenvalue weighted by molar-refractivity contribution is 5.19. The Kier molecular flexibility index (Phi) is 4.96. The normalized spacial score (nSPS) is 23.2. The molecule has 2 atom stereocenters. The van der Waals surface area contributed by atoms with Crippen LogP contribution < -0.4 is 10.1 Å². The van der Waals surface area contributed by atoms with Gasteiger partial charge in [-0.05, 0) is 38.4 Å². The molecule has 2 heterocycles. The Morgan fingerprint density at radius 2 is 2.22 bits per heavy atom. The molecule has 2 unspecified atom stereocenters. The van der Waals surface area contributed by atoms with Crippen LogP contribution in [-0.2, 0) is 4.74 Å². The molecule has 1 saturated heterocycles. The van der Waals surface area contributed by atoms with E-state index in [1.54, 1.807) is 6.20 Å². The predicted octanol–water partition coefficient (Wildman–Crippen LogP) is 1.93. The maximum absolute atomic E-state index is 5.90. The summed E-state index contributed by atoms with van der Waals surface area (Å²) in [5, 5.41) is 3.31. The molecule has 4 heteroatoms. The average molecular weight is 250 g/mol. The number of hydrogen-bond acceptors (Lipinski definition) is 4. The SMILES string of the molecule is CCNCC1CCC(COc2ccc(C)nc2)O1. The second-order valence-corrected chi connectivity index (χ2v) is 4.71. The third kappa shape index (κ3) is 3.96. The van der Waals surface area contributed by atoms with Gasteiger partial charge in [-0.1, -0.05) is 6.92 Å². The Labute approximate surface area is 109 Å². The first kappa shape index (κ1) is 13.3. The van der Waals surface area contributed by atoms with E-state index in [1.165, 1.54) is 0 Å². The van der Waals surface area contributed by atoms with Gasteiger partial charge in [-0.2, -0.15) is 0 Å². The zero-order valence-electron chi connectivity index (χ0n) is 11.2. The zero-order chi connectivity index (χ0) is 12.8. The molecule has 1 N–H and O–H groups in total. The molecule has 1 aliphatic heterocycles. The van der Waals surface area contributed by atoms with Crippen LogP contribution in [0.5, 0.6) is 5.75 Å². The number of pyridine rings is 1. The first-order chi connectivity index (χ1) is 8.78. The first-order valence-corrected chi connectivity index (χ1v) is 6.69. The van der Waals surface area contributed by atoms with Crippen molar-refractivity contribution >= 4 is 0 Å². The Balaban J connectivity index is 1.70. The molecule has 18 heavy (non-hydrogen) atoms. The van der Waals surface area contributed by atoms with Crippen LogP contribution in [0.4, 0.5) is 0 Å². The topological polar surface area (TPSA) is 43.4 Å². The minimum absolute atomic E-state index is 0.218. The largest absolute Gasteiger partial charge is 0.489 e. The van der Waals surface area contributed by atoms with E-state index < -0.39 is 0 Å². The van der Waals surface area contributed by atoms with E-state index >= 15 is 0 Å². The molecular weight excluding hydrogens is 228 g/mol. The van der Waals surface area contributed by atoms with Crippen molar-refractivity contribution in [3.05, 3.63) is 24.0 Å². The molecule has 1 aromatic rings. The summed E-state index contributed by atoms with van der Waals surface area (Å²) in [6.07, 6.45) is 4.52. The van der Waals surface area contributed by atoms with E-state index in [9.17, 15) is 0 Å². The van der Waals surface area contributed by atoms with Crippen LogP contribution in [0.25, 0.3) is 0 Å². The lowest BCUT2D eigenvalue weighted by Crippen LogP contribution is -2.28. The van der Waals surface area contributed by atoms with Crippen LogP contribution in [-0.4, -0.2) is 36.9 Å². The third-order valence-corrected chi connectivity index (χ3v) is 3.14. The highest BCUT2D eigenvalue weighted by Crippen LogP contribution is 2.20. The van der Waals surface area contributed by atoms with E-state index in [0.29, 0.717) is 12.7 Å². The molecule has 100 valence electrons. The molecule has 0 bridgehead atoms. The lowest BCUT2D eigenvalue weighted by atomic mass is 10.2. The van der Waals surface area contributed by atoms with Crippen molar-refractivity contribution < 1.29 is 9.47 Å². The van der Waals surface area contributed by atoms with Crippen LogP contribution in [0, 0.1) is 6.92 Å². The summed E-state index contributed by atoms with van der Waals surface area (Å²) < 4.78 is 11.6. The second kappa shape index (κ2) is 6.71. The molecule has 0 aromatic carbocycles. The number of likely N-dealkylation sites (N-methyl/N-ethyl adjacent to an activating group) is 1. The van der Waals surface area contributed by atoms with Crippen molar-refractivity contribution in [1.29, 1.82) is 0 Å². The van der Waals surface area contributed by atoms with Gasteiger partial charge in [-0.15, -0.1) is 0 Å². The summed E-state index contributed by atoms with van der Waals surface area (Å²) >= 11 is 0. The quantitative estimate of drug-likeness (QED) is 0.837. The second-order valence-electron chi connectivity index (χ2n) is 4.71. The van der Waals surface area contributed by atoms with Gasteiger partial charge in [0.2, 0.25) is 0 Å². The smallest absolute Gasteiger partial charge is 0.137 e. The summed E-state index contributed by atoms with van der Waals surface area (Å²) in [7, 11) is 0. The third-order valence-electron chi connectivity index (χ3n) is 3.14. The van der Waals surface area contributed by atoms with Crippen molar-refractivity contribution in [1.82, 2.24) is 10.3 Å². The maximum Gasteiger partial charge on any atom is 0.137 e. The number of nitrogens with one attached hydrogen (secondary N) is 1. The molecule has 2 rings (SSSR count). The summed E-state index contributed by atoms with van der Waals surface area (Å²) in [5.74, 6) is 0.819. The molecule has 0 aliphatic carbocycles. The molecule has 0 radical (unpaired) electrons. The van der Waals surface area contributed by atoms with Crippen molar-refractivity contribution in [3.63, 3.8) is 0 Å². The van der Waals surface area contributed by atoms with Crippen molar-refractivity contribution in [2.45, 2.75) is 38.9 Å². The monoisotopic (exact) mass is 250 g/mol. The highest BCUT2D eigenvalue weighted by atomic mass is 16.5. The lowest BCUT2D eigenvalue weighted by Gasteiger charge is -2.14. The molecule has 1 aliphatic rings. The predicted molar refractivity (Wildman–Crippen MR) is 70.9 cm³/mol. The first-order valence-electron chi connectivity index (χ1n) is 6.69. The van der Waals surface area contributed by atoms with E-state index in [1.807, 2.05) is 19.1 Å². The van der Waals surface area contributed by atoms with Crippen LogP contribution in [0.1, 0.15) is 25.5 Å². The maximum atomic E-state index is 5.90. The number of nitrogens with zero attached hydrogens (tertiary/aromatic N) is 1. The number of hydrogen-bond donors (Lipinski definition) is 1. The van der Waals surface area contributed by atoms with Crippen LogP contribution in [0.2, 0.25) is 0 Å². The van der Waals surface area contributed by atoms with Gasteiger partial charge in [0.1, 0.15) is 12.4 Å². The highest BCUT2D eigenvalue weighted by Gasteiger charge is 2.25. The van der Waals surface area contributed by atoms with Gasteiger partial charge >= 0.3 is 0 Å². The molecule has 1 aromatic heterocycles.